The predicted octanol–water partition coefficient (Wildman–Crippen LogP) is 0.632. The van der Waals surface area contributed by atoms with Gasteiger partial charge >= 0.3 is 5.97 Å². The Bertz CT molecular complexity index is 595. The lowest BCUT2D eigenvalue weighted by Gasteiger charge is -2.01. The highest BCUT2D eigenvalue weighted by molar-refractivity contribution is 5.78. The molecule has 0 atom stereocenters. The average molecular weight is 219 g/mol. The SMILES string of the molecule is COC(=O)Cn1c(=N)n(C)c2ccccc21. The molecule has 2 aromatic rings. The van der Waals surface area contributed by atoms with Crippen molar-refractivity contribution in [3.05, 3.63) is 29.9 Å². The van der Waals surface area contributed by atoms with Crippen molar-refractivity contribution in [2.45, 2.75) is 6.54 Å². The molecule has 0 fully saturated rings. The van der Waals surface area contributed by atoms with Crippen molar-refractivity contribution < 1.29 is 9.53 Å². The third-order valence-electron chi connectivity index (χ3n) is 2.62. The van der Waals surface area contributed by atoms with Gasteiger partial charge in [0.2, 0.25) is 5.62 Å². The Hall–Kier alpha value is -2.04. The number of rotatable bonds is 2. The molecular weight excluding hydrogens is 206 g/mol. The van der Waals surface area contributed by atoms with Gasteiger partial charge in [-0.05, 0) is 12.1 Å². The minimum Gasteiger partial charge on any atom is -0.468 e. The van der Waals surface area contributed by atoms with Gasteiger partial charge in [0.15, 0.2) is 0 Å². The maximum Gasteiger partial charge on any atom is 0.325 e. The smallest absolute Gasteiger partial charge is 0.325 e. The summed E-state index contributed by atoms with van der Waals surface area (Å²) < 4.78 is 7.98. The molecule has 1 N–H and O–H groups in total. The number of imidazole rings is 1. The average Bonchev–Trinajstić information content (AvgIpc) is 2.55. The van der Waals surface area contributed by atoms with Gasteiger partial charge in [0.05, 0.1) is 18.1 Å². The minimum atomic E-state index is -0.352. The van der Waals surface area contributed by atoms with E-state index in [0.717, 1.165) is 11.0 Å². The first kappa shape index (κ1) is 10.5. The highest BCUT2D eigenvalue weighted by Crippen LogP contribution is 2.11. The number of para-hydroxylation sites is 2. The molecule has 1 aromatic heterocycles. The van der Waals surface area contributed by atoms with Gasteiger partial charge < -0.3 is 9.30 Å². The second kappa shape index (κ2) is 3.84. The minimum absolute atomic E-state index is 0.0662. The number of fused-ring (bicyclic) bond motifs is 1. The topological polar surface area (TPSA) is 60.0 Å². The van der Waals surface area contributed by atoms with Gasteiger partial charge in [0.1, 0.15) is 6.54 Å². The van der Waals surface area contributed by atoms with Crippen LogP contribution in [0.3, 0.4) is 0 Å². The van der Waals surface area contributed by atoms with Gasteiger partial charge in [-0.2, -0.15) is 0 Å². The van der Waals surface area contributed by atoms with Crippen LogP contribution in [-0.4, -0.2) is 22.2 Å². The summed E-state index contributed by atoms with van der Waals surface area (Å²) in [4.78, 5) is 11.3. The Morgan fingerprint density at radius 3 is 2.62 bits per heavy atom. The molecule has 16 heavy (non-hydrogen) atoms. The van der Waals surface area contributed by atoms with Crippen molar-refractivity contribution in [3.8, 4) is 0 Å². The van der Waals surface area contributed by atoms with E-state index in [4.69, 9.17) is 5.41 Å². The number of aromatic nitrogens is 2. The molecule has 2 rings (SSSR count). The van der Waals surface area contributed by atoms with Crippen LogP contribution in [0.15, 0.2) is 24.3 Å². The van der Waals surface area contributed by atoms with E-state index in [1.54, 1.807) is 16.2 Å². The fraction of sp³-hybridized carbons (Fsp3) is 0.273. The predicted molar refractivity (Wildman–Crippen MR) is 58.8 cm³/mol. The fourth-order valence-corrected chi connectivity index (χ4v) is 1.74. The zero-order valence-corrected chi connectivity index (χ0v) is 9.23. The number of carbonyl (C=O) groups is 1. The van der Waals surface area contributed by atoms with Crippen molar-refractivity contribution in [3.63, 3.8) is 0 Å². The Labute approximate surface area is 92.4 Å². The van der Waals surface area contributed by atoms with Crippen molar-refractivity contribution in [2.75, 3.05) is 7.11 Å². The van der Waals surface area contributed by atoms with Crippen LogP contribution in [0.5, 0.6) is 0 Å². The van der Waals surface area contributed by atoms with E-state index in [1.807, 2.05) is 24.3 Å². The van der Waals surface area contributed by atoms with Crippen molar-refractivity contribution in [2.24, 2.45) is 7.05 Å². The zero-order valence-electron chi connectivity index (χ0n) is 9.23. The van der Waals surface area contributed by atoms with Crippen LogP contribution in [0, 0.1) is 5.41 Å². The second-order valence-electron chi connectivity index (χ2n) is 3.53. The van der Waals surface area contributed by atoms with E-state index in [0.29, 0.717) is 0 Å². The maximum absolute atomic E-state index is 11.3. The molecule has 1 heterocycles. The van der Waals surface area contributed by atoms with Crippen LogP contribution in [0.4, 0.5) is 0 Å². The quantitative estimate of drug-likeness (QED) is 0.753. The highest BCUT2D eigenvalue weighted by Gasteiger charge is 2.10. The molecule has 0 unspecified atom stereocenters. The molecule has 0 saturated carbocycles. The number of nitrogens with zero attached hydrogens (tertiary/aromatic N) is 2. The first-order valence-electron chi connectivity index (χ1n) is 4.91. The molecule has 0 aliphatic carbocycles. The molecular formula is C11H13N3O2. The molecule has 5 nitrogen and oxygen atoms in total. The Morgan fingerprint density at radius 1 is 1.38 bits per heavy atom. The number of nitrogens with one attached hydrogen (secondary N) is 1. The summed E-state index contributed by atoms with van der Waals surface area (Å²) >= 11 is 0. The molecule has 1 aromatic carbocycles. The Balaban J connectivity index is 2.64. The van der Waals surface area contributed by atoms with Crippen molar-refractivity contribution in [1.29, 1.82) is 5.41 Å². The van der Waals surface area contributed by atoms with E-state index in [2.05, 4.69) is 4.74 Å². The summed E-state index contributed by atoms with van der Waals surface area (Å²) in [7, 11) is 3.15. The molecule has 0 amide bonds. The number of hydrogen-bond acceptors (Lipinski definition) is 3. The number of methoxy groups -OCH3 is 1. The number of esters is 1. The van der Waals surface area contributed by atoms with Crippen LogP contribution in [0.1, 0.15) is 0 Å². The van der Waals surface area contributed by atoms with Crippen LogP contribution in [0.25, 0.3) is 11.0 Å². The number of ether oxygens (including phenoxy) is 1. The third-order valence-corrected chi connectivity index (χ3v) is 2.62. The molecule has 5 heteroatoms. The van der Waals surface area contributed by atoms with Gasteiger partial charge in [-0.25, -0.2) is 0 Å². The molecule has 0 bridgehead atoms. The van der Waals surface area contributed by atoms with Crippen LogP contribution >= 0.6 is 0 Å². The number of hydrogen-bond donors (Lipinski definition) is 1. The second-order valence-corrected chi connectivity index (χ2v) is 3.53. The lowest BCUT2D eigenvalue weighted by molar-refractivity contribution is -0.141. The molecule has 0 spiro atoms. The molecule has 84 valence electrons. The molecule has 0 aliphatic rings. The summed E-state index contributed by atoms with van der Waals surface area (Å²) in [6.07, 6.45) is 0. The van der Waals surface area contributed by atoms with Gasteiger partial charge in [-0.1, -0.05) is 12.1 Å². The summed E-state index contributed by atoms with van der Waals surface area (Å²) in [5, 5.41) is 7.91. The van der Waals surface area contributed by atoms with Gasteiger partial charge in [0, 0.05) is 7.05 Å². The van der Waals surface area contributed by atoms with E-state index < -0.39 is 0 Å². The van der Waals surface area contributed by atoms with Crippen LogP contribution < -0.4 is 5.62 Å². The highest BCUT2D eigenvalue weighted by atomic mass is 16.5. The van der Waals surface area contributed by atoms with Crippen molar-refractivity contribution in [1.82, 2.24) is 9.13 Å². The number of carbonyl (C=O) groups excluding carboxylic acids is 1. The molecule has 0 aliphatic heterocycles. The van der Waals surface area contributed by atoms with E-state index in [-0.39, 0.29) is 18.1 Å². The van der Waals surface area contributed by atoms with Crippen LogP contribution in [-0.2, 0) is 23.1 Å². The first-order valence-corrected chi connectivity index (χ1v) is 4.91. The standard InChI is InChI=1S/C11H13N3O2/c1-13-8-5-3-4-6-9(8)14(11(13)12)7-10(15)16-2/h3-6,12H,7H2,1-2H3. The lowest BCUT2D eigenvalue weighted by Crippen LogP contribution is -2.26. The normalized spacial score (nSPS) is 10.6. The summed E-state index contributed by atoms with van der Waals surface area (Å²) in [6.45, 7) is 0.0662. The summed E-state index contributed by atoms with van der Waals surface area (Å²) in [6, 6.07) is 7.59. The monoisotopic (exact) mass is 219 g/mol. The first-order chi connectivity index (χ1) is 7.65. The fourth-order valence-electron chi connectivity index (χ4n) is 1.74. The van der Waals surface area contributed by atoms with E-state index >= 15 is 0 Å². The number of benzene rings is 1. The summed E-state index contributed by atoms with van der Waals surface area (Å²) in [5.74, 6) is -0.352. The summed E-state index contributed by atoms with van der Waals surface area (Å²) in [5.41, 5.74) is 2.07. The van der Waals surface area contributed by atoms with E-state index in [1.165, 1.54) is 7.11 Å². The van der Waals surface area contributed by atoms with Gasteiger partial charge in [0.25, 0.3) is 0 Å². The van der Waals surface area contributed by atoms with Gasteiger partial charge in [-0.15, -0.1) is 0 Å². The largest absolute Gasteiger partial charge is 0.468 e. The van der Waals surface area contributed by atoms with Crippen molar-refractivity contribution >= 4 is 17.0 Å². The molecule has 0 saturated heterocycles. The lowest BCUT2D eigenvalue weighted by atomic mass is 10.3. The third kappa shape index (κ3) is 1.50. The Kier molecular flexibility index (Phi) is 2.52. The maximum atomic E-state index is 11.3. The zero-order chi connectivity index (χ0) is 11.7. The van der Waals surface area contributed by atoms with E-state index in [9.17, 15) is 4.79 Å². The number of aryl methyl sites for hydroxylation is 1. The van der Waals surface area contributed by atoms with Gasteiger partial charge in [-0.3, -0.25) is 14.8 Å². The Morgan fingerprint density at radius 2 is 2.00 bits per heavy atom. The molecule has 0 radical (unpaired) electrons. The van der Waals surface area contributed by atoms with Crippen LogP contribution in [0.2, 0.25) is 0 Å².